The largest absolute Gasteiger partial charge is 0.493 e. The summed E-state index contributed by atoms with van der Waals surface area (Å²) in [5, 5.41) is 9.10. The van der Waals surface area contributed by atoms with E-state index >= 15 is 0 Å². The van der Waals surface area contributed by atoms with Crippen LogP contribution in [0.1, 0.15) is 30.5 Å². The van der Waals surface area contributed by atoms with Crippen LogP contribution in [0.2, 0.25) is 0 Å². The third-order valence-electron chi connectivity index (χ3n) is 4.70. The van der Waals surface area contributed by atoms with E-state index in [-0.39, 0.29) is 17.8 Å². The summed E-state index contributed by atoms with van der Waals surface area (Å²) >= 11 is 0. The monoisotopic (exact) mass is 344 g/mol. The number of fused-ring (bicyclic) bond motifs is 1. The molecule has 0 spiro atoms. The predicted octanol–water partition coefficient (Wildman–Crippen LogP) is 3.21. The van der Waals surface area contributed by atoms with E-state index < -0.39 is 17.8 Å². The summed E-state index contributed by atoms with van der Waals surface area (Å²) in [4.78, 5) is 14.6. The molecule has 24 heavy (non-hydrogen) atoms. The van der Waals surface area contributed by atoms with Crippen LogP contribution in [0.5, 0.6) is 5.75 Å². The lowest BCUT2D eigenvalue weighted by molar-refractivity contribution is -0.137. The summed E-state index contributed by atoms with van der Waals surface area (Å²) < 4.78 is 44.0. The van der Waals surface area contributed by atoms with Gasteiger partial charge in [0.25, 0.3) is 0 Å². The molecule has 2 aliphatic heterocycles. The molecule has 1 aromatic rings. The van der Waals surface area contributed by atoms with Crippen LogP contribution in [-0.4, -0.2) is 53.3 Å². The van der Waals surface area contributed by atoms with E-state index in [9.17, 15) is 18.0 Å². The standard InChI is InChI=1S/C16H19F3N2O3/c1-10-9-20(15(22)23)5-6-21(10)13-4-7-24-14-8-11(16(17,18)19)2-3-12(13)14/h2-3,8,10,13H,4-7,9H2,1H3,(H,22,23)/t10-,13?/m0/s1. The molecule has 1 saturated heterocycles. The predicted molar refractivity (Wildman–Crippen MR) is 80.1 cm³/mol. The quantitative estimate of drug-likeness (QED) is 0.850. The number of carboxylic acid groups (broad SMARTS) is 1. The zero-order valence-corrected chi connectivity index (χ0v) is 13.2. The van der Waals surface area contributed by atoms with Crippen LogP contribution in [0.4, 0.5) is 18.0 Å². The van der Waals surface area contributed by atoms with Crippen LogP contribution in [0, 0.1) is 0 Å². The third-order valence-corrected chi connectivity index (χ3v) is 4.70. The van der Waals surface area contributed by atoms with E-state index in [1.54, 1.807) is 0 Å². The highest BCUT2D eigenvalue weighted by molar-refractivity contribution is 5.65. The Bertz CT molecular complexity index is 635. The van der Waals surface area contributed by atoms with Gasteiger partial charge in [-0.3, -0.25) is 4.90 Å². The van der Waals surface area contributed by atoms with Gasteiger partial charge in [0.1, 0.15) is 5.75 Å². The lowest BCUT2D eigenvalue weighted by Crippen LogP contribution is -2.54. The Hall–Kier alpha value is -1.96. The number of piperazine rings is 1. The molecule has 8 heteroatoms. The minimum absolute atomic E-state index is 0.00640. The fourth-order valence-corrected chi connectivity index (χ4v) is 3.50. The molecule has 0 aliphatic carbocycles. The van der Waals surface area contributed by atoms with Gasteiger partial charge in [-0.05, 0) is 19.1 Å². The molecule has 2 aliphatic rings. The smallest absolute Gasteiger partial charge is 0.416 e. The Morgan fingerprint density at radius 1 is 1.33 bits per heavy atom. The second kappa shape index (κ2) is 6.16. The molecule has 1 amide bonds. The van der Waals surface area contributed by atoms with Crippen molar-refractivity contribution in [2.24, 2.45) is 0 Å². The maximum atomic E-state index is 12.9. The molecule has 0 radical (unpaired) electrons. The van der Waals surface area contributed by atoms with Gasteiger partial charge in [0.05, 0.1) is 12.2 Å². The maximum Gasteiger partial charge on any atom is 0.416 e. The number of alkyl halides is 3. The number of carbonyl (C=O) groups is 1. The van der Waals surface area contributed by atoms with Gasteiger partial charge in [-0.2, -0.15) is 13.2 Å². The van der Waals surface area contributed by atoms with Gasteiger partial charge in [0.2, 0.25) is 0 Å². The number of halogens is 3. The van der Waals surface area contributed by atoms with Crippen LogP contribution >= 0.6 is 0 Å². The van der Waals surface area contributed by atoms with Gasteiger partial charge in [0.15, 0.2) is 0 Å². The Labute approximate surface area is 137 Å². The van der Waals surface area contributed by atoms with Crippen LogP contribution in [0.15, 0.2) is 18.2 Å². The van der Waals surface area contributed by atoms with Crippen molar-refractivity contribution in [1.29, 1.82) is 0 Å². The third kappa shape index (κ3) is 3.15. The average molecular weight is 344 g/mol. The molecule has 5 nitrogen and oxygen atoms in total. The van der Waals surface area contributed by atoms with Crippen molar-refractivity contribution in [2.75, 3.05) is 26.2 Å². The number of amides is 1. The molecule has 1 aromatic carbocycles. The highest BCUT2D eigenvalue weighted by Gasteiger charge is 2.37. The van der Waals surface area contributed by atoms with Crippen LogP contribution in [0.3, 0.4) is 0 Å². The molecular weight excluding hydrogens is 325 g/mol. The molecule has 3 rings (SSSR count). The minimum atomic E-state index is -4.40. The lowest BCUT2D eigenvalue weighted by atomic mass is 9.95. The van der Waals surface area contributed by atoms with E-state index in [2.05, 4.69) is 4.90 Å². The second-order valence-corrected chi connectivity index (χ2v) is 6.22. The first kappa shape index (κ1) is 16.9. The molecule has 0 aromatic heterocycles. The molecule has 132 valence electrons. The van der Waals surface area contributed by atoms with Crippen LogP contribution < -0.4 is 4.74 Å². The van der Waals surface area contributed by atoms with Gasteiger partial charge < -0.3 is 14.7 Å². The van der Waals surface area contributed by atoms with Gasteiger partial charge >= 0.3 is 12.3 Å². The zero-order chi connectivity index (χ0) is 17.5. The summed E-state index contributed by atoms with van der Waals surface area (Å²) in [6.07, 6.45) is -4.66. The highest BCUT2D eigenvalue weighted by atomic mass is 19.4. The first-order valence-corrected chi connectivity index (χ1v) is 7.85. The normalized spacial score (nSPS) is 25.1. The molecule has 0 bridgehead atoms. The number of nitrogens with zero attached hydrogens (tertiary/aromatic N) is 2. The Balaban J connectivity index is 1.84. The molecule has 2 heterocycles. The van der Waals surface area contributed by atoms with Crippen molar-refractivity contribution in [3.05, 3.63) is 29.3 Å². The molecule has 1 N–H and O–H groups in total. The topological polar surface area (TPSA) is 53.0 Å². The molecule has 0 saturated carbocycles. The van der Waals surface area contributed by atoms with E-state index in [1.165, 1.54) is 11.0 Å². The fourth-order valence-electron chi connectivity index (χ4n) is 3.50. The summed E-state index contributed by atoms with van der Waals surface area (Å²) in [5.41, 5.74) is 0.0236. The SMILES string of the molecule is C[C@H]1CN(C(=O)O)CCN1C1CCOc2cc(C(F)(F)F)ccc21. The van der Waals surface area contributed by atoms with E-state index in [0.29, 0.717) is 32.7 Å². The molecule has 2 atom stereocenters. The Morgan fingerprint density at radius 3 is 2.71 bits per heavy atom. The first-order valence-electron chi connectivity index (χ1n) is 7.85. The second-order valence-electron chi connectivity index (χ2n) is 6.22. The van der Waals surface area contributed by atoms with Crippen molar-refractivity contribution < 1.29 is 27.8 Å². The van der Waals surface area contributed by atoms with Gasteiger partial charge in [-0.15, -0.1) is 0 Å². The van der Waals surface area contributed by atoms with Crippen LogP contribution in [0.25, 0.3) is 0 Å². The number of rotatable bonds is 1. The molecular formula is C16H19F3N2O3. The first-order chi connectivity index (χ1) is 11.3. The van der Waals surface area contributed by atoms with Crippen molar-refractivity contribution in [3.63, 3.8) is 0 Å². The fraction of sp³-hybridized carbons (Fsp3) is 0.562. The zero-order valence-electron chi connectivity index (χ0n) is 13.2. The maximum absolute atomic E-state index is 12.9. The average Bonchev–Trinajstić information content (AvgIpc) is 2.53. The van der Waals surface area contributed by atoms with E-state index in [1.807, 2.05) is 6.92 Å². The number of hydrogen-bond donors (Lipinski definition) is 1. The van der Waals surface area contributed by atoms with Crippen molar-refractivity contribution in [2.45, 2.75) is 31.6 Å². The van der Waals surface area contributed by atoms with Gasteiger partial charge in [0, 0.05) is 43.7 Å². The van der Waals surface area contributed by atoms with Crippen LogP contribution in [-0.2, 0) is 6.18 Å². The Morgan fingerprint density at radius 2 is 2.08 bits per heavy atom. The summed E-state index contributed by atoms with van der Waals surface area (Å²) in [6, 6.07) is 3.56. The number of benzene rings is 1. The number of ether oxygens (including phenoxy) is 1. The summed E-state index contributed by atoms with van der Waals surface area (Å²) in [7, 11) is 0. The summed E-state index contributed by atoms with van der Waals surface area (Å²) in [6.45, 7) is 3.63. The van der Waals surface area contributed by atoms with E-state index in [0.717, 1.165) is 17.7 Å². The minimum Gasteiger partial charge on any atom is -0.493 e. The van der Waals surface area contributed by atoms with Gasteiger partial charge in [-0.25, -0.2) is 4.79 Å². The van der Waals surface area contributed by atoms with Crippen molar-refractivity contribution in [1.82, 2.24) is 9.80 Å². The molecule has 1 unspecified atom stereocenters. The summed E-state index contributed by atoms with van der Waals surface area (Å²) in [5.74, 6) is 0.272. The van der Waals surface area contributed by atoms with Crippen molar-refractivity contribution >= 4 is 6.09 Å². The molecule has 1 fully saturated rings. The van der Waals surface area contributed by atoms with Crippen molar-refractivity contribution in [3.8, 4) is 5.75 Å². The van der Waals surface area contributed by atoms with Gasteiger partial charge in [-0.1, -0.05) is 6.07 Å². The lowest BCUT2D eigenvalue weighted by Gasteiger charge is -2.44. The highest BCUT2D eigenvalue weighted by Crippen LogP contribution is 2.41. The Kier molecular flexibility index (Phi) is 4.33. The van der Waals surface area contributed by atoms with E-state index in [4.69, 9.17) is 9.84 Å². The number of hydrogen-bond acceptors (Lipinski definition) is 3.